The quantitative estimate of drug-likeness (QED) is 0.835. The van der Waals surface area contributed by atoms with E-state index >= 15 is 0 Å². The summed E-state index contributed by atoms with van der Waals surface area (Å²) >= 11 is 0. The van der Waals surface area contributed by atoms with Crippen LogP contribution < -0.4 is 11.1 Å². The second kappa shape index (κ2) is 8.06. The minimum Gasteiger partial charge on any atom is -0.445 e. The second-order valence-corrected chi connectivity index (χ2v) is 4.87. The maximum Gasteiger partial charge on any atom is 0.417 e. The van der Waals surface area contributed by atoms with E-state index in [1.165, 1.54) is 0 Å². The summed E-state index contributed by atoms with van der Waals surface area (Å²) in [7, 11) is 0. The Morgan fingerprint density at radius 2 is 2.00 bits per heavy atom. The molecule has 1 heterocycles. The number of alkyl halides is 3. The summed E-state index contributed by atoms with van der Waals surface area (Å²) < 4.78 is 42.8. The zero-order valence-corrected chi connectivity index (χ0v) is 12.9. The highest BCUT2D eigenvalue weighted by Crippen LogP contribution is 2.29. The number of nitrogens with zero attached hydrogens (tertiary/aromatic N) is 1. The molecular formula is C17H14F3N3O2. The van der Waals surface area contributed by atoms with Gasteiger partial charge in [0.05, 0.1) is 17.7 Å². The first-order valence-corrected chi connectivity index (χ1v) is 7.12. The Morgan fingerprint density at radius 1 is 1.28 bits per heavy atom. The summed E-state index contributed by atoms with van der Waals surface area (Å²) in [5.74, 6) is 4.83. The van der Waals surface area contributed by atoms with Gasteiger partial charge < -0.3 is 15.8 Å². The van der Waals surface area contributed by atoms with E-state index < -0.39 is 17.8 Å². The molecule has 0 aliphatic rings. The van der Waals surface area contributed by atoms with Gasteiger partial charge in [-0.2, -0.15) is 13.2 Å². The summed E-state index contributed by atoms with van der Waals surface area (Å²) in [5.41, 5.74) is 5.32. The standard InChI is InChI=1S/C17H14F3N3O2/c18-17(19,20)14-9-13(15(21)23-10-14)7-4-8-22-16(24)25-11-12-5-2-1-3-6-12/h1-3,5-6,9-10H,8,11H2,(H2,21,23)(H,22,24). The van der Waals surface area contributed by atoms with Crippen molar-refractivity contribution in [2.45, 2.75) is 12.8 Å². The molecule has 0 atom stereocenters. The minimum atomic E-state index is -4.53. The van der Waals surface area contributed by atoms with Gasteiger partial charge in [-0.05, 0) is 11.6 Å². The van der Waals surface area contributed by atoms with Crippen LogP contribution >= 0.6 is 0 Å². The SMILES string of the molecule is Nc1ncc(C(F)(F)F)cc1C#CCNC(=O)OCc1ccccc1. The third-order valence-electron chi connectivity index (χ3n) is 3.00. The number of hydrogen-bond donors (Lipinski definition) is 2. The molecule has 0 aliphatic carbocycles. The minimum absolute atomic E-state index is 0.0609. The number of carbonyl (C=O) groups excluding carboxylic acids is 1. The van der Waals surface area contributed by atoms with Gasteiger partial charge in [0.2, 0.25) is 0 Å². The highest BCUT2D eigenvalue weighted by molar-refractivity contribution is 5.67. The van der Waals surface area contributed by atoms with E-state index in [1.807, 2.05) is 18.2 Å². The number of amides is 1. The van der Waals surface area contributed by atoms with E-state index in [0.29, 0.717) is 6.20 Å². The number of ether oxygens (including phenoxy) is 1. The molecule has 0 aliphatic heterocycles. The largest absolute Gasteiger partial charge is 0.445 e. The highest BCUT2D eigenvalue weighted by atomic mass is 19.4. The van der Waals surface area contributed by atoms with Crippen LogP contribution in [0.2, 0.25) is 0 Å². The van der Waals surface area contributed by atoms with Gasteiger partial charge >= 0.3 is 12.3 Å². The number of pyridine rings is 1. The molecule has 130 valence electrons. The average Bonchev–Trinajstić information content (AvgIpc) is 2.58. The molecular weight excluding hydrogens is 335 g/mol. The average molecular weight is 349 g/mol. The van der Waals surface area contributed by atoms with Gasteiger partial charge in [0.15, 0.2) is 0 Å². The normalized spacial score (nSPS) is 10.5. The van der Waals surface area contributed by atoms with Gasteiger partial charge in [-0.25, -0.2) is 9.78 Å². The number of nitrogen functional groups attached to an aromatic ring is 1. The molecule has 3 N–H and O–H groups in total. The second-order valence-electron chi connectivity index (χ2n) is 4.87. The van der Waals surface area contributed by atoms with Crippen LogP contribution in [0, 0.1) is 11.8 Å². The molecule has 1 aromatic carbocycles. The van der Waals surface area contributed by atoms with Crippen LogP contribution in [0.1, 0.15) is 16.7 Å². The van der Waals surface area contributed by atoms with Crippen LogP contribution in [0.15, 0.2) is 42.6 Å². The van der Waals surface area contributed by atoms with E-state index in [9.17, 15) is 18.0 Å². The lowest BCUT2D eigenvalue weighted by atomic mass is 10.2. The number of halogens is 3. The van der Waals surface area contributed by atoms with Gasteiger partial charge in [-0.3, -0.25) is 0 Å². The number of carbonyl (C=O) groups is 1. The molecule has 1 amide bonds. The van der Waals surface area contributed by atoms with Crippen molar-refractivity contribution >= 4 is 11.9 Å². The molecule has 8 heteroatoms. The number of alkyl carbamates (subject to hydrolysis) is 1. The zero-order valence-electron chi connectivity index (χ0n) is 12.9. The summed E-state index contributed by atoms with van der Waals surface area (Å²) in [5, 5.41) is 2.37. The van der Waals surface area contributed by atoms with Gasteiger partial charge in [0.1, 0.15) is 12.4 Å². The summed E-state index contributed by atoms with van der Waals surface area (Å²) in [6, 6.07) is 9.88. The Balaban J connectivity index is 1.87. The number of rotatable bonds is 3. The Labute approximate surface area is 142 Å². The van der Waals surface area contributed by atoms with Crippen molar-refractivity contribution < 1.29 is 22.7 Å². The lowest BCUT2D eigenvalue weighted by Crippen LogP contribution is -2.24. The lowest BCUT2D eigenvalue weighted by molar-refractivity contribution is -0.137. The predicted molar refractivity (Wildman–Crippen MR) is 85.2 cm³/mol. The summed E-state index contributed by atoms with van der Waals surface area (Å²) in [4.78, 5) is 15.0. The van der Waals surface area contributed by atoms with Crippen molar-refractivity contribution in [1.29, 1.82) is 0 Å². The predicted octanol–water partition coefficient (Wildman–Crippen LogP) is 2.96. The van der Waals surface area contributed by atoms with Gasteiger partial charge in [0.25, 0.3) is 0 Å². The first-order valence-electron chi connectivity index (χ1n) is 7.12. The molecule has 0 saturated carbocycles. The molecule has 0 radical (unpaired) electrons. The monoisotopic (exact) mass is 349 g/mol. The molecule has 0 saturated heterocycles. The van der Waals surface area contributed by atoms with E-state index in [4.69, 9.17) is 10.5 Å². The van der Waals surface area contributed by atoms with Gasteiger partial charge in [-0.1, -0.05) is 42.2 Å². The number of aromatic nitrogens is 1. The van der Waals surface area contributed by atoms with Crippen LogP contribution in [0.3, 0.4) is 0 Å². The van der Waals surface area contributed by atoms with Crippen molar-refractivity contribution in [2.24, 2.45) is 0 Å². The summed E-state index contributed by atoms with van der Waals surface area (Å²) in [6.07, 6.45) is -4.58. The van der Waals surface area contributed by atoms with E-state index in [-0.39, 0.29) is 24.5 Å². The third-order valence-corrected chi connectivity index (χ3v) is 3.00. The van der Waals surface area contributed by atoms with Crippen LogP contribution in [0.4, 0.5) is 23.8 Å². The molecule has 0 unspecified atom stereocenters. The van der Waals surface area contributed by atoms with Crippen LogP contribution in [0.25, 0.3) is 0 Å². The molecule has 1 aromatic heterocycles. The van der Waals surface area contributed by atoms with Gasteiger partial charge in [-0.15, -0.1) is 0 Å². The van der Waals surface area contributed by atoms with Gasteiger partial charge in [0, 0.05) is 6.20 Å². The molecule has 0 fully saturated rings. The Bertz CT molecular complexity index is 796. The van der Waals surface area contributed by atoms with Crippen molar-refractivity contribution in [1.82, 2.24) is 10.3 Å². The van der Waals surface area contributed by atoms with E-state index in [0.717, 1.165) is 11.6 Å². The topological polar surface area (TPSA) is 77.2 Å². The fraction of sp³-hybridized carbons (Fsp3) is 0.176. The zero-order chi connectivity index (χ0) is 18.3. The molecule has 2 aromatic rings. The van der Waals surface area contributed by atoms with Crippen molar-refractivity contribution in [3.8, 4) is 11.8 Å². The van der Waals surface area contributed by atoms with Crippen LogP contribution in [-0.4, -0.2) is 17.6 Å². The van der Waals surface area contributed by atoms with E-state index in [2.05, 4.69) is 22.1 Å². The third kappa shape index (κ3) is 5.73. The van der Waals surface area contributed by atoms with Crippen molar-refractivity contribution in [3.63, 3.8) is 0 Å². The lowest BCUT2D eigenvalue weighted by Gasteiger charge is -2.07. The molecule has 0 bridgehead atoms. The fourth-order valence-electron chi connectivity index (χ4n) is 1.76. The first-order chi connectivity index (χ1) is 11.9. The Kier molecular flexibility index (Phi) is 5.84. The number of hydrogen-bond acceptors (Lipinski definition) is 4. The molecule has 5 nitrogen and oxygen atoms in total. The molecule has 0 spiro atoms. The highest BCUT2D eigenvalue weighted by Gasteiger charge is 2.31. The molecule has 25 heavy (non-hydrogen) atoms. The van der Waals surface area contributed by atoms with Crippen molar-refractivity contribution in [3.05, 3.63) is 59.3 Å². The number of nitrogens with two attached hydrogens (primary N) is 1. The number of anilines is 1. The number of benzene rings is 1. The van der Waals surface area contributed by atoms with Crippen LogP contribution in [-0.2, 0) is 17.5 Å². The van der Waals surface area contributed by atoms with E-state index in [1.54, 1.807) is 12.1 Å². The Hall–Kier alpha value is -3.21. The van der Waals surface area contributed by atoms with Crippen LogP contribution in [0.5, 0.6) is 0 Å². The Morgan fingerprint density at radius 3 is 2.68 bits per heavy atom. The number of nitrogens with one attached hydrogen (secondary N) is 1. The fourth-order valence-corrected chi connectivity index (χ4v) is 1.76. The maximum atomic E-state index is 12.6. The maximum absolute atomic E-state index is 12.6. The first kappa shape index (κ1) is 18.1. The smallest absolute Gasteiger partial charge is 0.417 e. The summed E-state index contributed by atoms with van der Waals surface area (Å²) in [6.45, 7) is -0.00605. The van der Waals surface area contributed by atoms with Crippen molar-refractivity contribution in [2.75, 3.05) is 12.3 Å². The molecule has 2 rings (SSSR count).